The van der Waals surface area contributed by atoms with Gasteiger partial charge in [-0.25, -0.2) is 4.39 Å². The van der Waals surface area contributed by atoms with Gasteiger partial charge in [-0.15, -0.1) is 0 Å². The van der Waals surface area contributed by atoms with Crippen molar-refractivity contribution in [1.29, 1.82) is 5.26 Å². The van der Waals surface area contributed by atoms with Gasteiger partial charge >= 0.3 is 0 Å². The molecule has 0 bridgehead atoms. The van der Waals surface area contributed by atoms with Crippen molar-refractivity contribution >= 4 is 5.57 Å². The molecule has 14 heavy (non-hydrogen) atoms. The molecule has 0 heterocycles. The minimum atomic E-state index is -0.262. The first-order valence-electron chi connectivity index (χ1n) is 4.60. The first-order chi connectivity index (χ1) is 6.79. The fraction of sp³-hybridized carbons (Fsp3) is 0.250. The van der Waals surface area contributed by atoms with Gasteiger partial charge in [0.1, 0.15) is 5.82 Å². The van der Waals surface area contributed by atoms with Crippen molar-refractivity contribution in [3.05, 3.63) is 41.7 Å². The van der Waals surface area contributed by atoms with Gasteiger partial charge in [0.05, 0.1) is 12.5 Å². The van der Waals surface area contributed by atoms with Gasteiger partial charge in [-0.2, -0.15) is 5.26 Å². The van der Waals surface area contributed by atoms with E-state index < -0.39 is 0 Å². The minimum absolute atomic E-state index is 0.259. The van der Waals surface area contributed by atoms with Crippen LogP contribution in [0.2, 0.25) is 0 Å². The lowest BCUT2D eigenvalue weighted by Crippen LogP contribution is -1.88. The molecule has 0 spiro atoms. The Morgan fingerprint density at radius 3 is 2.79 bits per heavy atom. The van der Waals surface area contributed by atoms with Crippen molar-refractivity contribution in [2.24, 2.45) is 0 Å². The molecule has 1 aromatic carbocycles. The van der Waals surface area contributed by atoms with Crippen molar-refractivity contribution in [1.82, 2.24) is 0 Å². The zero-order chi connectivity index (χ0) is 10.4. The Balaban J connectivity index is 3.07. The predicted molar refractivity (Wildman–Crippen MR) is 54.9 cm³/mol. The van der Waals surface area contributed by atoms with Crippen LogP contribution in [0.3, 0.4) is 0 Å². The normalized spacial score (nSPS) is 11.1. The second kappa shape index (κ2) is 5.18. The van der Waals surface area contributed by atoms with E-state index in [9.17, 15) is 4.39 Å². The molecule has 0 saturated carbocycles. The second-order valence-electron chi connectivity index (χ2n) is 2.95. The number of nitriles is 1. The summed E-state index contributed by atoms with van der Waals surface area (Å²) in [5.41, 5.74) is 1.31. The third-order valence-electron chi connectivity index (χ3n) is 1.94. The van der Waals surface area contributed by atoms with E-state index in [2.05, 4.69) is 0 Å². The van der Waals surface area contributed by atoms with Crippen LogP contribution < -0.4 is 0 Å². The average Bonchev–Trinajstić information content (AvgIpc) is 2.18. The van der Waals surface area contributed by atoms with E-state index in [1.807, 2.05) is 19.1 Å². The van der Waals surface area contributed by atoms with Crippen LogP contribution in [0.25, 0.3) is 5.57 Å². The summed E-state index contributed by atoms with van der Waals surface area (Å²) in [4.78, 5) is 0. The Kier molecular flexibility index (Phi) is 3.87. The van der Waals surface area contributed by atoms with Crippen molar-refractivity contribution in [3.63, 3.8) is 0 Å². The molecule has 0 radical (unpaired) electrons. The summed E-state index contributed by atoms with van der Waals surface area (Å²) in [6.07, 6.45) is 2.96. The number of nitrogens with zero attached hydrogens (tertiary/aromatic N) is 1. The number of allylic oxidation sites excluding steroid dienone is 2. The fourth-order valence-electron chi connectivity index (χ4n) is 1.33. The molecule has 0 aliphatic carbocycles. The number of rotatable bonds is 3. The molecule has 1 nitrogen and oxygen atoms in total. The van der Waals surface area contributed by atoms with Gasteiger partial charge in [0, 0.05) is 5.56 Å². The molecule has 0 atom stereocenters. The van der Waals surface area contributed by atoms with Crippen molar-refractivity contribution < 1.29 is 4.39 Å². The summed E-state index contributed by atoms with van der Waals surface area (Å²) in [5, 5.41) is 8.60. The predicted octanol–water partition coefficient (Wildman–Crippen LogP) is 3.53. The molecular weight excluding hydrogens is 177 g/mol. The molecule has 0 saturated heterocycles. The van der Waals surface area contributed by atoms with Gasteiger partial charge in [0.15, 0.2) is 0 Å². The van der Waals surface area contributed by atoms with E-state index in [0.717, 1.165) is 12.0 Å². The van der Waals surface area contributed by atoms with Crippen molar-refractivity contribution in [2.75, 3.05) is 0 Å². The topological polar surface area (TPSA) is 23.8 Å². The first-order valence-corrected chi connectivity index (χ1v) is 4.60. The van der Waals surface area contributed by atoms with E-state index in [-0.39, 0.29) is 12.2 Å². The summed E-state index contributed by atoms with van der Waals surface area (Å²) < 4.78 is 13.3. The van der Waals surface area contributed by atoms with E-state index in [1.165, 1.54) is 6.07 Å². The highest BCUT2D eigenvalue weighted by Crippen LogP contribution is 2.21. The lowest BCUT2D eigenvalue weighted by Gasteiger charge is -2.04. The molecule has 0 aliphatic heterocycles. The Labute approximate surface area is 83.5 Å². The maximum Gasteiger partial charge on any atom is 0.130 e. The molecule has 0 aliphatic rings. The zero-order valence-electron chi connectivity index (χ0n) is 8.13. The van der Waals surface area contributed by atoms with Crippen LogP contribution in [0, 0.1) is 17.1 Å². The Morgan fingerprint density at radius 1 is 1.50 bits per heavy atom. The molecule has 0 aromatic heterocycles. The van der Waals surface area contributed by atoms with Crippen LogP contribution in [-0.4, -0.2) is 0 Å². The van der Waals surface area contributed by atoms with E-state index in [1.54, 1.807) is 18.2 Å². The highest BCUT2D eigenvalue weighted by Gasteiger charge is 2.05. The molecular formula is C12H12FN. The van der Waals surface area contributed by atoms with Gasteiger partial charge in [-0.1, -0.05) is 31.2 Å². The smallest absolute Gasteiger partial charge is 0.130 e. The highest BCUT2D eigenvalue weighted by molar-refractivity contribution is 5.67. The standard InChI is InChI=1S/C12H12FN/c1-2-5-10(8-9-14)11-6-3-4-7-12(11)13/h3-7H,2,8H2,1H3. The van der Waals surface area contributed by atoms with E-state index >= 15 is 0 Å². The van der Waals surface area contributed by atoms with Gasteiger partial charge < -0.3 is 0 Å². The van der Waals surface area contributed by atoms with Crippen LogP contribution in [0.1, 0.15) is 25.3 Å². The average molecular weight is 189 g/mol. The lowest BCUT2D eigenvalue weighted by atomic mass is 10.0. The SMILES string of the molecule is CCC=C(CC#N)c1ccccc1F. The van der Waals surface area contributed by atoms with Gasteiger partial charge in [0.25, 0.3) is 0 Å². The zero-order valence-corrected chi connectivity index (χ0v) is 8.13. The molecule has 2 heteroatoms. The minimum Gasteiger partial charge on any atom is -0.206 e. The van der Waals surface area contributed by atoms with E-state index in [0.29, 0.717) is 5.56 Å². The summed E-state index contributed by atoms with van der Waals surface area (Å²) in [6, 6.07) is 8.58. The summed E-state index contributed by atoms with van der Waals surface area (Å²) in [5.74, 6) is -0.262. The fourth-order valence-corrected chi connectivity index (χ4v) is 1.33. The summed E-state index contributed by atoms with van der Waals surface area (Å²) in [7, 11) is 0. The maximum atomic E-state index is 13.3. The second-order valence-corrected chi connectivity index (χ2v) is 2.95. The summed E-state index contributed by atoms with van der Waals surface area (Å²) in [6.45, 7) is 1.97. The molecule has 0 unspecified atom stereocenters. The van der Waals surface area contributed by atoms with Crippen LogP contribution in [0.15, 0.2) is 30.3 Å². The van der Waals surface area contributed by atoms with E-state index in [4.69, 9.17) is 5.26 Å². The quantitative estimate of drug-likeness (QED) is 0.713. The lowest BCUT2D eigenvalue weighted by molar-refractivity contribution is 0.623. The third-order valence-corrected chi connectivity index (χ3v) is 1.94. The molecule has 0 amide bonds. The number of hydrogen-bond acceptors (Lipinski definition) is 1. The van der Waals surface area contributed by atoms with Crippen molar-refractivity contribution in [2.45, 2.75) is 19.8 Å². The third kappa shape index (κ3) is 2.43. The van der Waals surface area contributed by atoms with Gasteiger partial charge in [-0.05, 0) is 18.1 Å². The Hall–Kier alpha value is -1.62. The Morgan fingerprint density at radius 2 is 2.21 bits per heavy atom. The molecule has 1 rings (SSSR count). The number of hydrogen-bond donors (Lipinski definition) is 0. The molecule has 0 N–H and O–H groups in total. The first kappa shape index (κ1) is 10.5. The molecule has 0 fully saturated rings. The monoisotopic (exact) mass is 189 g/mol. The summed E-state index contributed by atoms with van der Waals surface area (Å²) >= 11 is 0. The van der Waals surface area contributed by atoms with Gasteiger partial charge in [-0.3, -0.25) is 0 Å². The van der Waals surface area contributed by atoms with Crippen LogP contribution in [0.5, 0.6) is 0 Å². The van der Waals surface area contributed by atoms with Crippen LogP contribution in [-0.2, 0) is 0 Å². The molecule has 1 aromatic rings. The van der Waals surface area contributed by atoms with Crippen LogP contribution in [0.4, 0.5) is 4.39 Å². The number of benzene rings is 1. The Bertz CT molecular complexity index is 374. The van der Waals surface area contributed by atoms with Crippen LogP contribution >= 0.6 is 0 Å². The van der Waals surface area contributed by atoms with Crippen molar-refractivity contribution in [3.8, 4) is 6.07 Å². The largest absolute Gasteiger partial charge is 0.206 e. The molecule has 72 valence electrons. The van der Waals surface area contributed by atoms with Gasteiger partial charge in [0.2, 0.25) is 0 Å². The highest BCUT2D eigenvalue weighted by atomic mass is 19.1. The number of halogens is 1. The maximum absolute atomic E-state index is 13.3.